The van der Waals surface area contributed by atoms with Crippen LogP contribution in [0, 0.1) is 22.7 Å². The number of hydrogen-bond donors (Lipinski definition) is 0. The number of nitriles is 2. The molecule has 0 fully saturated rings. The van der Waals surface area contributed by atoms with Crippen molar-refractivity contribution in [2.45, 2.75) is 25.2 Å². The van der Waals surface area contributed by atoms with Crippen molar-refractivity contribution in [3.05, 3.63) is 48.0 Å². The largest absolute Gasteiger partial charge is 0.198 e. The van der Waals surface area contributed by atoms with Gasteiger partial charge in [-0.2, -0.15) is 10.5 Å². The fourth-order valence-electron chi connectivity index (χ4n) is 2.26. The maximum Gasteiger partial charge on any atom is 0.0810 e. The first kappa shape index (κ1) is 12.1. The molecule has 0 bridgehead atoms. The first-order valence-electron chi connectivity index (χ1n) is 5.98. The number of rotatable bonds is 3. The molecule has 2 rings (SSSR count). The van der Waals surface area contributed by atoms with Crippen molar-refractivity contribution in [2.75, 3.05) is 0 Å². The lowest BCUT2D eigenvalue weighted by molar-refractivity contribution is 0.567. The van der Waals surface area contributed by atoms with Gasteiger partial charge in [0, 0.05) is 6.42 Å². The fourth-order valence-corrected chi connectivity index (χ4v) is 2.26. The molecule has 0 N–H and O–H groups in total. The van der Waals surface area contributed by atoms with Crippen LogP contribution < -0.4 is 0 Å². The molecule has 2 aromatic carbocycles. The highest BCUT2D eigenvalue weighted by Gasteiger charge is 2.27. The van der Waals surface area contributed by atoms with E-state index in [2.05, 4.69) is 12.1 Å². The minimum atomic E-state index is -0.601. The van der Waals surface area contributed by atoms with E-state index < -0.39 is 5.41 Å². The molecule has 0 aromatic heterocycles. The summed E-state index contributed by atoms with van der Waals surface area (Å²) in [6.45, 7) is 1.91. The number of hydrogen-bond acceptors (Lipinski definition) is 2. The second-order valence-electron chi connectivity index (χ2n) is 4.63. The van der Waals surface area contributed by atoms with E-state index in [9.17, 15) is 5.26 Å². The van der Waals surface area contributed by atoms with Gasteiger partial charge in [-0.25, -0.2) is 0 Å². The maximum atomic E-state index is 9.47. The van der Waals surface area contributed by atoms with Gasteiger partial charge in [-0.15, -0.1) is 0 Å². The van der Waals surface area contributed by atoms with Crippen LogP contribution >= 0.6 is 0 Å². The van der Waals surface area contributed by atoms with E-state index >= 15 is 0 Å². The van der Waals surface area contributed by atoms with Gasteiger partial charge >= 0.3 is 0 Å². The lowest BCUT2D eigenvalue weighted by atomic mass is 9.78. The normalized spacial score (nSPS) is 13.5. The molecule has 0 radical (unpaired) electrons. The van der Waals surface area contributed by atoms with E-state index in [-0.39, 0.29) is 0 Å². The zero-order valence-corrected chi connectivity index (χ0v) is 10.4. The van der Waals surface area contributed by atoms with Gasteiger partial charge in [-0.1, -0.05) is 42.5 Å². The Balaban J connectivity index is 2.60. The fraction of sp³-hybridized carbons (Fsp3) is 0.250. The third-order valence-corrected chi connectivity index (χ3v) is 3.37. The van der Waals surface area contributed by atoms with Gasteiger partial charge in [0.2, 0.25) is 0 Å². The molecule has 1 unspecified atom stereocenters. The molecule has 0 amide bonds. The summed E-state index contributed by atoms with van der Waals surface area (Å²) in [5, 5.41) is 20.4. The van der Waals surface area contributed by atoms with Gasteiger partial charge < -0.3 is 0 Å². The van der Waals surface area contributed by atoms with Gasteiger partial charge in [0.1, 0.15) is 0 Å². The van der Waals surface area contributed by atoms with E-state index in [1.165, 1.54) is 0 Å². The predicted octanol–water partition coefficient (Wildman–Crippen LogP) is 3.92. The van der Waals surface area contributed by atoms with Crippen molar-refractivity contribution in [1.82, 2.24) is 0 Å². The average Bonchev–Trinajstić information content (AvgIpc) is 2.44. The van der Waals surface area contributed by atoms with Crippen molar-refractivity contribution in [2.24, 2.45) is 0 Å². The predicted molar refractivity (Wildman–Crippen MR) is 71.8 cm³/mol. The van der Waals surface area contributed by atoms with Gasteiger partial charge in [0.15, 0.2) is 0 Å². The Morgan fingerprint density at radius 3 is 2.50 bits per heavy atom. The molecule has 0 aliphatic heterocycles. The summed E-state index contributed by atoms with van der Waals surface area (Å²) < 4.78 is 0. The van der Waals surface area contributed by atoms with E-state index in [0.29, 0.717) is 12.8 Å². The zero-order chi connectivity index (χ0) is 13.0. The Morgan fingerprint density at radius 2 is 1.78 bits per heavy atom. The van der Waals surface area contributed by atoms with Crippen LogP contribution in [0.4, 0.5) is 0 Å². The van der Waals surface area contributed by atoms with Crippen molar-refractivity contribution >= 4 is 10.8 Å². The lowest BCUT2D eigenvalue weighted by Crippen LogP contribution is -2.19. The third kappa shape index (κ3) is 2.06. The van der Waals surface area contributed by atoms with Crippen molar-refractivity contribution in [1.29, 1.82) is 10.5 Å². The van der Waals surface area contributed by atoms with Crippen LogP contribution in [-0.4, -0.2) is 0 Å². The van der Waals surface area contributed by atoms with Crippen LogP contribution in [-0.2, 0) is 5.41 Å². The molecule has 0 saturated heterocycles. The molecule has 2 heteroatoms. The summed E-state index contributed by atoms with van der Waals surface area (Å²) >= 11 is 0. The number of fused-ring (bicyclic) bond motifs is 1. The molecule has 1 atom stereocenters. The summed E-state index contributed by atoms with van der Waals surface area (Å²) in [6.07, 6.45) is 0.960. The number of benzene rings is 2. The van der Waals surface area contributed by atoms with E-state index in [4.69, 9.17) is 5.26 Å². The van der Waals surface area contributed by atoms with Gasteiger partial charge in [-0.3, -0.25) is 0 Å². The Bertz CT molecular complexity index is 641. The third-order valence-electron chi connectivity index (χ3n) is 3.37. The zero-order valence-electron chi connectivity index (χ0n) is 10.4. The monoisotopic (exact) mass is 234 g/mol. The topological polar surface area (TPSA) is 47.6 Å². The second kappa shape index (κ2) is 4.90. The first-order valence-corrected chi connectivity index (χ1v) is 5.98. The van der Waals surface area contributed by atoms with Crippen LogP contribution in [0.15, 0.2) is 42.5 Å². The Kier molecular flexibility index (Phi) is 3.31. The minimum absolute atomic E-state index is 0.396. The SMILES string of the molecule is CC(C#N)(CCC#N)c1cccc2ccccc12. The molecule has 0 heterocycles. The summed E-state index contributed by atoms with van der Waals surface area (Å²) in [4.78, 5) is 0. The van der Waals surface area contributed by atoms with Gasteiger partial charge in [0.25, 0.3) is 0 Å². The summed E-state index contributed by atoms with van der Waals surface area (Å²) in [5.41, 5.74) is 0.412. The molecule has 0 saturated carbocycles. The quantitative estimate of drug-likeness (QED) is 0.807. The van der Waals surface area contributed by atoms with E-state index in [0.717, 1.165) is 16.3 Å². The molecular formula is C16H14N2. The summed E-state index contributed by atoms with van der Waals surface area (Å²) in [7, 11) is 0. The first-order chi connectivity index (χ1) is 8.71. The Morgan fingerprint density at radius 1 is 1.06 bits per heavy atom. The molecule has 2 aromatic rings. The van der Waals surface area contributed by atoms with Crippen molar-refractivity contribution in [3.8, 4) is 12.1 Å². The maximum absolute atomic E-state index is 9.47. The smallest absolute Gasteiger partial charge is 0.0810 e. The summed E-state index contributed by atoms with van der Waals surface area (Å²) in [6, 6.07) is 18.5. The van der Waals surface area contributed by atoms with Crippen LogP contribution in [0.5, 0.6) is 0 Å². The van der Waals surface area contributed by atoms with E-state index in [1.807, 2.05) is 49.4 Å². The van der Waals surface area contributed by atoms with Crippen molar-refractivity contribution in [3.63, 3.8) is 0 Å². The molecule has 0 aliphatic carbocycles. The van der Waals surface area contributed by atoms with Crippen molar-refractivity contribution < 1.29 is 0 Å². The highest BCUT2D eigenvalue weighted by molar-refractivity contribution is 5.87. The van der Waals surface area contributed by atoms with Gasteiger partial charge in [-0.05, 0) is 29.7 Å². The Hall–Kier alpha value is -2.32. The second-order valence-corrected chi connectivity index (χ2v) is 4.63. The molecule has 88 valence electrons. The van der Waals surface area contributed by atoms with Crippen LogP contribution in [0.2, 0.25) is 0 Å². The lowest BCUT2D eigenvalue weighted by Gasteiger charge is -2.22. The minimum Gasteiger partial charge on any atom is -0.198 e. The molecule has 0 spiro atoms. The molecule has 0 aliphatic rings. The summed E-state index contributed by atoms with van der Waals surface area (Å²) in [5.74, 6) is 0. The molecule has 18 heavy (non-hydrogen) atoms. The standard InChI is InChI=1S/C16H14N2/c1-16(12-18,10-5-11-17)15-9-4-7-13-6-2-3-8-14(13)15/h2-4,6-9H,5,10H2,1H3. The Labute approximate surface area is 107 Å². The van der Waals surface area contributed by atoms with Crippen LogP contribution in [0.3, 0.4) is 0 Å². The molecule has 2 nitrogen and oxygen atoms in total. The average molecular weight is 234 g/mol. The number of nitrogens with zero attached hydrogens (tertiary/aromatic N) is 2. The highest BCUT2D eigenvalue weighted by Crippen LogP contribution is 2.33. The molecular weight excluding hydrogens is 220 g/mol. The highest BCUT2D eigenvalue weighted by atomic mass is 14.4. The van der Waals surface area contributed by atoms with Gasteiger partial charge in [0.05, 0.1) is 17.6 Å². The van der Waals surface area contributed by atoms with Crippen LogP contribution in [0.1, 0.15) is 25.3 Å². The van der Waals surface area contributed by atoms with E-state index in [1.54, 1.807) is 0 Å². The van der Waals surface area contributed by atoms with Crippen LogP contribution in [0.25, 0.3) is 10.8 Å².